The lowest BCUT2D eigenvalue weighted by atomic mass is 10.1. The molecule has 1 amide bonds. The Kier molecular flexibility index (Phi) is 6.47. The van der Waals surface area contributed by atoms with Gasteiger partial charge in [0.25, 0.3) is 5.91 Å². The van der Waals surface area contributed by atoms with Crippen LogP contribution in [0, 0.1) is 6.92 Å². The highest BCUT2D eigenvalue weighted by atomic mass is 32.2. The van der Waals surface area contributed by atoms with Crippen molar-refractivity contribution >= 4 is 28.0 Å². The van der Waals surface area contributed by atoms with Crippen LogP contribution in [0.15, 0.2) is 62.6 Å². The van der Waals surface area contributed by atoms with E-state index < -0.39 is 16.0 Å². The van der Waals surface area contributed by atoms with Gasteiger partial charge in [-0.15, -0.1) is 0 Å². The third-order valence-electron chi connectivity index (χ3n) is 4.95. The molecule has 8 nitrogen and oxygen atoms in total. The van der Waals surface area contributed by atoms with Crippen molar-refractivity contribution in [2.45, 2.75) is 32.2 Å². The van der Waals surface area contributed by atoms with E-state index in [1.165, 1.54) is 30.2 Å². The highest BCUT2D eigenvalue weighted by Gasteiger charge is 2.36. The number of esters is 1. The Balaban J connectivity index is 1.80. The number of ether oxygens (including phenoxy) is 1. The molecule has 3 rings (SSSR count). The Bertz CT molecular complexity index is 1170. The van der Waals surface area contributed by atoms with Crippen molar-refractivity contribution in [2.75, 3.05) is 13.7 Å². The second-order valence-corrected chi connectivity index (χ2v) is 8.77. The van der Waals surface area contributed by atoms with Gasteiger partial charge in [-0.25, -0.2) is 17.9 Å². The molecule has 164 valence electrons. The van der Waals surface area contributed by atoms with E-state index in [1.807, 2.05) is 13.8 Å². The molecule has 1 aromatic carbocycles. The number of furan rings is 1. The zero-order valence-corrected chi connectivity index (χ0v) is 18.6. The average molecular weight is 445 g/mol. The number of nitrogens with zero attached hydrogens (tertiary/aromatic N) is 1. The lowest BCUT2D eigenvalue weighted by Gasteiger charge is -2.14. The number of methoxy groups -OCH3 is 1. The number of allylic oxidation sites excluding steroid dienone is 1. The molecule has 0 saturated carbocycles. The van der Waals surface area contributed by atoms with E-state index in [2.05, 4.69) is 4.72 Å². The van der Waals surface area contributed by atoms with Gasteiger partial charge in [0.1, 0.15) is 11.5 Å². The van der Waals surface area contributed by atoms with Gasteiger partial charge in [0, 0.05) is 12.2 Å². The van der Waals surface area contributed by atoms with E-state index in [0.717, 1.165) is 5.56 Å². The van der Waals surface area contributed by atoms with Gasteiger partial charge in [-0.2, -0.15) is 0 Å². The summed E-state index contributed by atoms with van der Waals surface area (Å²) in [6.07, 6.45) is 1.46. The van der Waals surface area contributed by atoms with E-state index in [1.54, 1.807) is 31.2 Å². The number of rotatable bonds is 7. The van der Waals surface area contributed by atoms with Gasteiger partial charge in [-0.1, -0.05) is 17.7 Å². The maximum Gasteiger partial charge on any atom is 0.340 e. The molecule has 1 aliphatic rings. The molecule has 0 spiro atoms. The minimum Gasteiger partial charge on any atom is -0.465 e. The summed E-state index contributed by atoms with van der Waals surface area (Å²) in [6.45, 7) is 5.71. The lowest BCUT2D eigenvalue weighted by molar-refractivity contribution is -0.136. The number of hydrogen-bond acceptors (Lipinski definition) is 6. The summed E-state index contributed by atoms with van der Waals surface area (Å²) in [6, 6.07) is 9.72. The molecule has 31 heavy (non-hydrogen) atoms. The van der Waals surface area contributed by atoms with E-state index >= 15 is 0 Å². The van der Waals surface area contributed by atoms with Crippen LogP contribution in [0.25, 0.3) is 6.08 Å². The van der Waals surface area contributed by atoms with Crippen molar-refractivity contribution in [3.63, 3.8) is 0 Å². The minimum absolute atomic E-state index is 0.0624. The van der Waals surface area contributed by atoms with Crippen LogP contribution in [-0.2, 0) is 30.9 Å². The summed E-state index contributed by atoms with van der Waals surface area (Å²) in [7, 11) is -2.44. The number of sulfonamides is 1. The molecule has 2 heterocycles. The Labute approximate surface area is 181 Å². The van der Waals surface area contributed by atoms with Crippen molar-refractivity contribution in [3.8, 4) is 0 Å². The van der Waals surface area contributed by atoms with Gasteiger partial charge in [0.15, 0.2) is 0 Å². The maximum atomic E-state index is 12.7. The first-order chi connectivity index (χ1) is 14.7. The van der Waals surface area contributed by atoms with Crippen LogP contribution in [0.3, 0.4) is 0 Å². The van der Waals surface area contributed by atoms with Crippen LogP contribution in [0.5, 0.6) is 0 Å². The molecule has 9 heteroatoms. The molecular formula is C22H24N2O6S. The second kappa shape index (κ2) is 8.91. The first-order valence-corrected chi connectivity index (χ1v) is 11.1. The van der Waals surface area contributed by atoms with Crippen molar-refractivity contribution in [1.29, 1.82) is 0 Å². The van der Waals surface area contributed by atoms with Gasteiger partial charge in [0.2, 0.25) is 10.0 Å². The molecule has 1 aromatic heterocycles. The fraction of sp³-hybridized carbons (Fsp3) is 0.273. The Hall–Kier alpha value is -3.17. The number of likely N-dealkylation sites (N-methyl/N-ethyl adjacent to an activating group) is 1. The number of hydrogen-bond donors (Lipinski definition) is 1. The fourth-order valence-electron chi connectivity index (χ4n) is 3.29. The number of amides is 1. The summed E-state index contributed by atoms with van der Waals surface area (Å²) in [5, 5.41) is 0. The number of carbonyl (C=O) groups excluding carboxylic acids is 2. The molecule has 0 atom stereocenters. The predicted molar refractivity (Wildman–Crippen MR) is 114 cm³/mol. The summed E-state index contributed by atoms with van der Waals surface area (Å²) in [5.74, 6) is -0.246. The summed E-state index contributed by atoms with van der Waals surface area (Å²) in [5.41, 5.74) is 1.84. The van der Waals surface area contributed by atoms with Gasteiger partial charge >= 0.3 is 5.97 Å². The zero-order chi connectivity index (χ0) is 22.8. The van der Waals surface area contributed by atoms with E-state index in [9.17, 15) is 18.0 Å². The summed E-state index contributed by atoms with van der Waals surface area (Å²) < 4.78 is 37.8. The Morgan fingerprint density at radius 2 is 1.84 bits per heavy atom. The van der Waals surface area contributed by atoms with E-state index in [-0.39, 0.29) is 28.5 Å². The lowest BCUT2D eigenvalue weighted by Crippen LogP contribution is -2.24. The SMILES string of the molecule is CCN1C(=O)/C(=C/c2ccc(CNS(=O)(=O)c3ccc(C)cc3)o2)C(C(=O)OC)=C1C. The van der Waals surface area contributed by atoms with Crippen LogP contribution >= 0.6 is 0 Å². The largest absolute Gasteiger partial charge is 0.465 e. The molecule has 0 saturated heterocycles. The standard InChI is InChI=1S/C22H24N2O6S/c1-5-24-15(3)20(22(26)29-4)19(21(24)25)12-16-8-9-17(30-16)13-23-31(27,28)18-10-6-14(2)7-11-18/h6-12,23H,5,13H2,1-4H3/b19-12+. The molecule has 0 aliphatic carbocycles. The maximum absolute atomic E-state index is 12.7. The molecule has 0 unspecified atom stereocenters. The molecular weight excluding hydrogens is 420 g/mol. The fourth-order valence-corrected chi connectivity index (χ4v) is 4.28. The Morgan fingerprint density at radius 3 is 2.45 bits per heavy atom. The van der Waals surface area contributed by atoms with Crippen molar-refractivity contribution in [3.05, 3.63) is 70.3 Å². The van der Waals surface area contributed by atoms with Gasteiger partial charge in [-0.05, 0) is 51.1 Å². The molecule has 1 N–H and O–H groups in total. The van der Waals surface area contributed by atoms with Crippen LogP contribution in [0.2, 0.25) is 0 Å². The Morgan fingerprint density at radius 1 is 1.16 bits per heavy atom. The van der Waals surface area contributed by atoms with Gasteiger partial charge in [0.05, 0.1) is 29.7 Å². The molecule has 0 radical (unpaired) electrons. The van der Waals surface area contributed by atoms with Crippen LogP contribution in [-0.4, -0.2) is 38.8 Å². The molecule has 0 bridgehead atoms. The zero-order valence-electron chi connectivity index (χ0n) is 17.8. The number of benzene rings is 1. The number of carbonyl (C=O) groups is 2. The first kappa shape index (κ1) is 22.5. The topological polar surface area (TPSA) is 106 Å². The number of aryl methyl sites for hydroxylation is 1. The summed E-state index contributed by atoms with van der Waals surface area (Å²) >= 11 is 0. The van der Waals surface area contributed by atoms with Gasteiger partial charge in [-0.3, -0.25) is 4.79 Å². The highest BCUT2D eigenvalue weighted by Crippen LogP contribution is 2.31. The monoisotopic (exact) mass is 444 g/mol. The third kappa shape index (κ3) is 4.62. The second-order valence-electron chi connectivity index (χ2n) is 7.00. The van der Waals surface area contributed by atoms with Gasteiger partial charge < -0.3 is 14.1 Å². The van der Waals surface area contributed by atoms with Crippen LogP contribution in [0.1, 0.15) is 30.9 Å². The van der Waals surface area contributed by atoms with Crippen LogP contribution < -0.4 is 4.72 Å². The molecule has 0 fully saturated rings. The average Bonchev–Trinajstić information content (AvgIpc) is 3.28. The normalized spacial score (nSPS) is 15.8. The number of nitrogens with one attached hydrogen (secondary N) is 1. The van der Waals surface area contributed by atoms with Crippen molar-refractivity contribution in [2.24, 2.45) is 0 Å². The first-order valence-electron chi connectivity index (χ1n) is 9.66. The molecule has 2 aromatic rings. The van der Waals surface area contributed by atoms with Crippen LogP contribution in [0.4, 0.5) is 0 Å². The van der Waals surface area contributed by atoms with E-state index in [4.69, 9.17) is 9.15 Å². The molecule has 1 aliphatic heterocycles. The quantitative estimate of drug-likeness (QED) is 0.520. The van der Waals surface area contributed by atoms with E-state index in [0.29, 0.717) is 23.8 Å². The minimum atomic E-state index is -3.69. The van der Waals surface area contributed by atoms with Crippen molar-refractivity contribution in [1.82, 2.24) is 9.62 Å². The summed E-state index contributed by atoms with van der Waals surface area (Å²) in [4.78, 5) is 26.5. The highest BCUT2D eigenvalue weighted by molar-refractivity contribution is 7.89. The third-order valence-corrected chi connectivity index (χ3v) is 6.37. The smallest absolute Gasteiger partial charge is 0.340 e. The van der Waals surface area contributed by atoms with Crippen molar-refractivity contribution < 1.29 is 27.2 Å². The predicted octanol–water partition coefficient (Wildman–Crippen LogP) is 2.76.